The summed E-state index contributed by atoms with van der Waals surface area (Å²) >= 11 is 0. The van der Waals surface area contributed by atoms with E-state index in [1.807, 2.05) is 0 Å². The summed E-state index contributed by atoms with van der Waals surface area (Å²) in [5.41, 5.74) is 0.331. The summed E-state index contributed by atoms with van der Waals surface area (Å²) in [6.45, 7) is 0. The van der Waals surface area contributed by atoms with Crippen LogP contribution in [0.5, 0.6) is 0 Å². The number of rotatable bonds is 1. The Balaban J connectivity index is 0. The summed E-state index contributed by atoms with van der Waals surface area (Å²) in [5.74, 6) is -0.879. The quantitative estimate of drug-likeness (QED) is 0.542. The molecule has 0 fully saturated rings. The first-order valence-corrected chi connectivity index (χ1v) is 2.59. The molecule has 0 atom stereocenters. The number of carboxylic acids is 1. The normalized spacial score (nSPS) is 7.27. The largest absolute Gasteiger partial charge is 1.00 e. The van der Waals surface area contributed by atoms with E-state index in [4.69, 9.17) is 5.11 Å². The van der Waals surface area contributed by atoms with E-state index in [-0.39, 0.29) is 35.7 Å². The van der Waals surface area contributed by atoms with E-state index < -0.39 is 5.97 Å². The van der Waals surface area contributed by atoms with Crippen LogP contribution >= 0.6 is 0 Å². The summed E-state index contributed by atoms with van der Waals surface area (Å²) in [6.07, 6.45) is 0. The van der Waals surface area contributed by atoms with Crippen LogP contribution in [0.4, 0.5) is 0 Å². The molecule has 1 aromatic carbocycles. The Bertz CT molecular complexity index is 213. The van der Waals surface area contributed by atoms with Crippen LogP contribution in [0, 0.1) is 0 Å². The molecule has 54 valence electrons. The maximum absolute atomic E-state index is 10.2. The molecule has 3 N–H and O–H groups in total. The van der Waals surface area contributed by atoms with Gasteiger partial charge in [0.2, 0.25) is 0 Å². The molecular formula is C7H8NNaO2. The number of nitrogens with two attached hydrogens (primary N) is 1. The van der Waals surface area contributed by atoms with Crippen molar-refractivity contribution < 1.29 is 39.5 Å². The van der Waals surface area contributed by atoms with Crippen molar-refractivity contribution in [3.63, 3.8) is 0 Å². The molecule has 0 heterocycles. The Morgan fingerprint density at radius 2 is 1.64 bits per heavy atom. The molecule has 11 heavy (non-hydrogen) atoms. The number of carboxylic acid groups (broad SMARTS) is 1. The number of aromatic carboxylic acids is 1. The zero-order chi connectivity index (χ0) is 6.69. The van der Waals surface area contributed by atoms with Crippen LogP contribution in [0.2, 0.25) is 0 Å². The topological polar surface area (TPSA) is 70.8 Å². The second-order valence-corrected chi connectivity index (χ2v) is 1.67. The zero-order valence-electron chi connectivity index (χ0n) is 6.32. The first-order chi connectivity index (χ1) is 4.30. The third-order valence-corrected chi connectivity index (χ3v) is 1.02. The Kier molecular flexibility index (Phi) is 7.67. The van der Waals surface area contributed by atoms with Crippen LogP contribution in [0.3, 0.4) is 0 Å². The van der Waals surface area contributed by atoms with Crippen molar-refractivity contribution in [2.45, 2.75) is 0 Å². The Labute approximate surface area is 87.3 Å². The van der Waals surface area contributed by atoms with Crippen LogP contribution in [0.1, 0.15) is 10.4 Å². The van der Waals surface area contributed by atoms with E-state index in [9.17, 15) is 4.79 Å². The van der Waals surface area contributed by atoms with Crippen LogP contribution in [0.15, 0.2) is 30.3 Å². The fraction of sp³-hybridized carbons (Fsp3) is 0. The molecule has 0 saturated carbocycles. The summed E-state index contributed by atoms with van der Waals surface area (Å²) < 4.78 is 0. The maximum atomic E-state index is 10.2. The average Bonchev–Trinajstić information content (AvgIpc) is 1.90. The number of carbonyl (C=O) groups is 1. The first-order valence-electron chi connectivity index (χ1n) is 2.59. The molecule has 1 rings (SSSR count). The molecule has 1 aromatic rings. The van der Waals surface area contributed by atoms with Gasteiger partial charge in [0.15, 0.2) is 0 Å². The van der Waals surface area contributed by atoms with E-state index in [0.717, 1.165) is 0 Å². The van der Waals surface area contributed by atoms with Gasteiger partial charge in [0.05, 0.1) is 5.56 Å². The molecule has 0 amide bonds. The predicted octanol–water partition coefficient (Wildman–Crippen LogP) is -0.894. The summed E-state index contributed by atoms with van der Waals surface area (Å²) in [6, 6.07) is 8.30. The molecule has 0 unspecified atom stereocenters. The van der Waals surface area contributed by atoms with Gasteiger partial charge in [-0.2, -0.15) is 0 Å². The van der Waals surface area contributed by atoms with Crippen LogP contribution < -0.4 is 29.6 Å². The van der Waals surface area contributed by atoms with Gasteiger partial charge < -0.3 is 11.3 Å². The number of benzene rings is 1. The van der Waals surface area contributed by atoms with Crippen molar-refractivity contribution in [2.24, 2.45) is 0 Å². The van der Waals surface area contributed by atoms with Crippen molar-refractivity contribution >= 4 is 5.97 Å². The molecule has 0 aliphatic carbocycles. The second-order valence-electron chi connectivity index (χ2n) is 1.67. The van der Waals surface area contributed by atoms with Gasteiger partial charge in [-0.3, -0.25) is 0 Å². The second kappa shape index (κ2) is 6.37. The van der Waals surface area contributed by atoms with Crippen LogP contribution in [-0.2, 0) is 0 Å². The molecule has 0 spiro atoms. The van der Waals surface area contributed by atoms with Crippen molar-refractivity contribution in [1.29, 1.82) is 0 Å². The minimum Gasteiger partial charge on any atom is -0.693 e. The molecule has 0 radical (unpaired) electrons. The summed E-state index contributed by atoms with van der Waals surface area (Å²) in [7, 11) is 0. The number of hydrogen-bond acceptors (Lipinski definition) is 1. The van der Waals surface area contributed by atoms with Gasteiger partial charge in [0.1, 0.15) is 0 Å². The molecular weight excluding hydrogens is 153 g/mol. The van der Waals surface area contributed by atoms with Crippen LogP contribution in [0.25, 0.3) is 6.15 Å². The van der Waals surface area contributed by atoms with Crippen molar-refractivity contribution in [3.8, 4) is 0 Å². The molecule has 0 aliphatic heterocycles. The average molecular weight is 161 g/mol. The SMILES string of the molecule is O=C(O)c1ccccc1.[NH2-].[Na+]. The smallest absolute Gasteiger partial charge is 0.693 e. The molecule has 4 heteroatoms. The Morgan fingerprint density at radius 1 is 1.18 bits per heavy atom. The molecule has 0 aliphatic rings. The Hall–Kier alpha value is -0.350. The maximum Gasteiger partial charge on any atom is 1.00 e. The minimum absolute atomic E-state index is 0. The van der Waals surface area contributed by atoms with E-state index in [1.54, 1.807) is 30.3 Å². The van der Waals surface area contributed by atoms with Gasteiger partial charge in [0, 0.05) is 0 Å². The standard InChI is InChI=1S/C7H6O2.H2N.Na/c8-7(9)6-4-2-1-3-5-6;;/h1-5H,(H,8,9);1H2;/q;-1;+1. The summed E-state index contributed by atoms with van der Waals surface area (Å²) in [4.78, 5) is 10.2. The molecule has 0 saturated heterocycles. The minimum atomic E-state index is -0.879. The zero-order valence-corrected chi connectivity index (χ0v) is 8.32. The summed E-state index contributed by atoms with van der Waals surface area (Å²) in [5, 5.41) is 8.38. The van der Waals surface area contributed by atoms with E-state index in [0.29, 0.717) is 5.56 Å². The monoisotopic (exact) mass is 161 g/mol. The third kappa shape index (κ3) is 4.16. The van der Waals surface area contributed by atoms with Gasteiger partial charge in [-0.05, 0) is 12.1 Å². The molecule has 3 nitrogen and oxygen atoms in total. The number of hydrogen-bond donors (Lipinski definition) is 1. The van der Waals surface area contributed by atoms with E-state index in [2.05, 4.69) is 0 Å². The molecule has 0 aromatic heterocycles. The van der Waals surface area contributed by atoms with Crippen molar-refractivity contribution in [2.75, 3.05) is 0 Å². The van der Waals surface area contributed by atoms with Gasteiger partial charge in [-0.25, -0.2) is 4.79 Å². The fourth-order valence-electron chi connectivity index (χ4n) is 0.581. The van der Waals surface area contributed by atoms with Gasteiger partial charge in [-0.1, -0.05) is 18.2 Å². The van der Waals surface area contributed by atoms with Gasteiger partial charge >= 0.3 is 35.5 Å². The first kappa shape index (κ1) is 13.3. The van der Waals surface area contributed by atoms with E-state index in [1.165, 1.54) is 0 Å². The fourth-order valence-corrected chi connectivity index (χ4v) is 0.581. The van der Waals surface area contributed by atoms with Crippen molar-refractivity contribution in [3.05, 3.63) is 42.0 Å². The predicted molar refractivity (Wildman–Crippen MR) is 38.7 cm³/mol. The Morgan fingerprint density at radius 3 is 1.91 bits per heavy atom. The van der Waals surface area contributed by atoms with Crippen molar-refractivity contribution in [1.82, 2.24) is 0 Å². The van der Waals surface area contributed by atoms with Crippen LogP contribution in [-0.4, -0.2) is 11.1 Å². The van der Waals surface area contributed by atoms with E-state index >= 15 is 0 Å². The third-order valence-electron chi connectivity index (χ3n) is 1.02. The van der Waals surface area contributed by atoms with Gasteiger partial charge in [0.25, 0.3) is 0 Å². The molecule has 0 bridgehead atoms. The van der Waals surface area contributed by atoms with Gasteiger partial charge in [-0.15, -0.1) is 0 Å².